The monoisotopic (exact) mass is 291 g/mol. The molecular weight excluding hydrogens is 266 g/mol. The Balaban J connectivity index is 1.39. The Morgan fingerprint density at radius 1 is 1.19 bits per heavy atom. The summed E-state index contributed by atoms with van der Waals surface area (Å²) in [7, 11) is 0. The lowest BCUT2D eigenvalue weighted by Gasteiger charge is -2.40. The Bertz CT molecular complexity index is 424. The number of amides is 1. The Morgan fingerprint density at radius 3 is 2.76 bits per heavy atom. The van der Waals surface area contributed by atoms with E-state index in [1.54, 1.807) is 0 Å². The molecule has 0 radical (unpaired) electrons. The number of carbonyl (C=O) groups is 1. The third kappa shape index (κ3) is 2.76. The fourth-order valence-corrected chi connectivity index (χ4v) is 3.97. The van der Waals surface area contributed by atoms with Crippen LogP contribution in [0.1, 0.15) is 38.5 Å². The molecule has 4 nitrogen and oxygen atoms in total. The summed E-state index contributed by atoms with van der Waals surface area (Å²) >= 11 is 0. The van der Waals surface area contributed by atoms with Crippen molar-refractivity contribution in [1.82, 2.24) is 4.90 Å². The Morgan fingerprint density at radius 2 is 2.00 bits per heavy atom. The lowest BCUT2D eigenvalue weighted by molar-refractivity contribution is -0.155. The van der Waals surface area contributed by atoms with Crippen LogP contribution < -0.4 is 0 Å². The highest BCUT2D eigenvalue weighted by Crippen LogP contribution is 2.36. The Hall–Kier alpha value is -0.870. The van der Waals surface area contributed by atoms with Gasteiger partial charge in [-0.3, -0.25) is 4.79 Å². The zero-order chi connectivity index (χ0) is 14.2. The van der Waals surface area contributed by atoms with E-state index in [1.807, 2.05) is 0 Å². The van der Waals surface area contributed by atoms with Crippen LogP contribution >= 0.6 is 0 Å². The summed E-state index contributed by atoms with van der Waals surface area (Å²) in [5, 5.41) is 0. The zero-order valence-corrected chi connectivity index (χ0v) is 12.6. The number of hydrogen-bond donors (Lipinski definition) is 0. The summed E-state index contributed by atoms with van der Waals surface area (Å²) in [5.41, 5.74) is 0. The number of morpholine rings is 1. The second-order valence-electron chi connectivity index (χ2n) is 6.97. The van der Waals surface area contributed by atoms with Gasteiger partial charge in [-0.25, -0.2) is 0 Å². The highest BCUT2D eigenvalue weighted by molar-refractivity contribution is 5.80. The minimum atomic E-state index is 0.107. The molecule has 2 saturated carbocycles. The van der Waals surface area contributed by atoms with Crippen molar-refractivity contribution in [2.24, 2.45) is 11.8 Å². The average molecular weight is 291 g/mol. The molecule has 0 N–H and O–H groups in total. The van der Waals surface area contributed by atoms with E-state index in [1.165, 1.54) is 12.8 Å². The zero-order valence-electron chi connectivity index (χ0n) is 12.6. The first kappa shape index (κ1) is 13.8. The SMILES string of the molecule is O=C(C1CC=CC1)N1CCO[C@H]2[C@@H](OCC3CC3)CC[C@@H]21. The first-order chi connectivity index (χ1) is 10.3. The van der Waals surface area contributed by atoms with Crippen LogP contribution in [0.2, 0.25) is 0 Å². The van der Waals surface area contributed by atoms with Gasteiger partial charge in [-0.2, -0.15) is 0 Å². The molecule has 0 aromatic carbocycles. The van der Waals surface area contributed by atoms with E-state index in [2.05, 4.69) is 17.1 Å². The maximum Gasteiger partial charge on any atom is 0.226 e. The molecule has 0 aromatic rings. The molecule has 3 fully saturated rings. The van der Waals surface area contributed by atoms with Crippen molar-refractivity contribution in [2.45, 2.75) is 56.8 Å². The van der Waals surface area contributed by atoms with Crippen LogP contribution in [-0.4, -0.2) is 48.8 Å². The summed E-state index contributed by atoms with van der Waals surface area (Å²) < 4.78 is 12.1. The fraction of sp³-hybridized carbons (Fsp3) is 0.824. The smallest absolute Gasteiger partial charge is 0.226 e. The predicted octanol–water partition coefficient (Wildman–Crippen LogP) is 2.14. The maximum atomic E-state index is 12.7. The molecule has 1 aliphatic heterocycles. The quantitative estimate of drug-likeness (QED) is 0.745. The number of allylic oxidation sites excluding steroid dienone is 2. The van der Waals surface area contributed by atoms with E-state index < -0.39 is 0 Å². The second-order valence-corrected chi connectivity index (χ2v) is 6.97. The topological polar surface area (TPSA) is 38.8 Å². The van der Waals surface area contributed by atoms with Gasteiger partial charge in [0.05, 0.1) is 18.8 Å². The molecule has 4 rings (SSSR count). The summed E-state index contributed by atoms with van der Waals surface area (Å²) in [5.74, 6) is 1.30. The third-order valence-corrected chi connectivity index (χ3v) is 5.42. The van der Waals surface area contributed by atoms with Crippen LogP contribution in [0.4, 0.5) is 0 Å². The van der Waals surface area contributed by atoms with Crippen LogP contribution in [0, 0.1) is 11.8 Å². The normalized spacial score (nSPS) is 36.2. The van der Waals surface area contributed by atoms with Gasteiger partial charge in [-0.15, -0.1) is 0 Å². The summed E-state index contributed by atoms with van der Waals surface area (Å²) in [4.78, 5) is 14.8. The standard InChI is InChI=1S/C17H25NO3/c19-17(13-3-1-2-4-13)18-9-10-20-16-14(18)7-8-15(16)21-11-12-5-6-12/h1-2,12-16H,3-11H2/t14-,15-,16+/m0/s1. The van der Waals surface area contributed by atoms with Crippen molar-refractivity contribution in [3.63, 3.8) is 0 Å². The minimum absolute atomic E-state index is 0.107. The summed E-state index contributed by atoms with van der Waals surface area (Å²) in [6, 6.07) is 0.246. The van der Waals surface area contributed by atoms with Crippen LogP contribution in [0.5, 0.6) is 0 Å². The molecule has 4 heteroatoms. The third-order valence-electron chi connectivity index (χ3n) is 5.42. The molecule has 116 valence electrons. The molecule has 1 heterocycles. The van der Waals surface area contributed by atoms with Crippen LogP contribution in [0.25, 0.3) is 0 Å². The average Bonchev–Trinajstić information content (AvgIpc) is 3.03. The number of nitrogens with zero attached hydrogens (tertiary/aromatic N) is 1. The first-order valence-corrected chi connectivity index (χ1v) is 8.51. The molecule has 4 aliphatic rings. The minimum Gasteiger partial charge on any atom is -0.375 e. The molecule has 0 aromatic heterocycles. The molecule has 1 saturated heterocycles. The van der Waals surface area contributed by atoms with Gasteiger partial charge in [-0.1, -0.05) is 12.2 Å². The van der Waals surface area contributed by atoms with Crippen molar-refractivity contribution in [2.75, 3.05) is 19.8 Å². The molecule has 0 bridgehead atoms. The number of rotatable bonds is 4. The number of hydrogen-bond acceptors (Lipinski definition) is 3. The second kappa shape index (κ2) is 5.73. The van der Waals surface area contributed by atoms with Crippen LogP contribution in [0.15, 0.2) is 12.2 Å². The highest BCUT2D eigenvalue weighted by Gasteiger charge is 2.46. The van der Waals surface area contributed by atoms with Gasteiger partial charge in [0, 0.05) is 19.1 Å². The van der Waals surface area contributed by atoms with E-state index in [0.717, 1.165) is 44.8 Å². The van der Waals surface area contributed by atoms with Crippen molar-refractivity contribution < 1.29 is 14.3 Å². The lowest BCUT2D eigenvalue weighted by Crippen LogP contribution is -2.55. The number of carbonyl (C=O) groups excluding carboxylic acids is 1. The van der Waals surface area contributed by atoms with E-state index in [0.29, 0.717) is 12.5 Å². The van der Waals surface area contributed by atoms with Crippen molar-refractivity contribution in [3.8, 4) is 0 Å². The van der Waals surface area contributed by atoms with Gasteiger partial charge in [0.25, 0.3) is 0 Å². The van der Waals surface area contributed by atoms with Crippen LogP contribution in [0.3, 0.4) is 0 Å². The first-order valence-electron chi connectivity index (χ1n) is 8.51. The van der Waals surface area contributed by atoms with Gasteiger partial charge in [0.1, 0.15) is 6.10 Å². The van der Waals surface area contributed by atoms with Gasteiger partial charge in [-0.05, 0) is 44.4 Å². The highest BCUT2D eigenvalue weighted by atomic mass is 16.5. The molecule has 1 amide bonds. The van der Waals surface area contributed by atoms with E-state index in [9.17, 15) is 4.79 Å². The molecule has 3 aliphatic carbocycles. The van der Waals surface area contributed by atoms with Crippen LogP contribution in [-0.2, 0) is 14.3 Å². The van der Waals surface area contributed by atoms with Gasteiger partial charge in [0.15, 0.2) is 0 Å². The maximum absolute atomic E-state index is 12.7. The van der Waals surface area contributed by atoms with Gasteiger partial charge >= 0.3 is 0 Å². The van der Waals surface area contributed by atoms with Crippen molar-refractivity contribution >= 4 is 5.91 Å². The Kier molecular flexibility index (Phi) is 3.76. The number of ether oxygens (including phenoxy) is 2. The lowest BCUT2D eigenvalue weighted by atomic mass is 10.0. The van der Waals surface area contributed by atoms with Crippen molar-refractivity contribution in [1.29, 1.82) is 0 Å². The summed E-state index contributed by atoms with van der Waals surface area (Å²) in [6.07, 6.45) is 11.1. The van der Waals surface area contributed by atoms with E-state index in [-0.39, 0.29) is 24.2 Å². The van der Waals surface area contributed by atoms with Gasteiger partial charge < -0.3 is 14.4 Å². The summed E-state index contributed by atoms with van der Waals surface area (Å²) in [6.45, 7) is 2.31. The Labute approximate surface area is 126 Å². The van der Waals surface area contributed by atoms with Crippen molar-refractivity contribution in [3.05, 3.63) is 12.2 Å². The van der Waals surface area contributed by atoms with E-state index in [4.69, 9.17) is 9.47 Å². The molecule has 3 atom stereocenters. The largest absolute Gasteiger partial charge is 0.375 e. The fourth-order valence-electron chi connectivity index (χ4n) is 3.97. The molecule has 0 spiro atoms. The molecule has 0 unspecified atom stereocenters. The predicted molar refractivity (Wildman–Crippen MR) is 78.8 cm³/mol. The molecular formula is C17H25NO3. The van der Waals surface area contributed by atoms with E-state index >= 15 is 0 Å². The molecule has 21 heavy (non-hydrogen) atoms. The number of fused-ring (bicyclic) bond motifs is 1. The van der Waals surface area contributed by atoms with Gasteiger partial charge in [0.2, 0.25) is 5.91 Å².